The first-order chi connectivity index (χ1) is 9.70. The Bertz CT molecular complexity index is 688. The van der Waals surface area contributed by atoms with E-state index < -0.39 is 5.97 Å². The van der Waals surface area contributed by atoms with Crippen LogP contribution in [0.2, 0.25) is 0 Å². The van der Waals surface area contributed by atoms with Crippen molar-refractivity contribution in [2.24, 2.45) is 7.05 Å². The largest absolute Gasteiger partial charge is 0.477 e. The molecule has 0 unspecified atom stereocenters. The van der Waals surface area contributed by atoms with Crippen LogP contribution >= 0.6 is 0 Å². The number of carboxylic acids is 1. The predicted molar refractivity (Wildman–Crippen MR) is 80.9 cm³/mol. The molecule has 0 radical (unpaired) electrons. The van der Waals surface area contributed by atoms with Crippen molar-refractivity contribution in [2.45, 2.75) is 26.2 Å². The van der Waals surface area contributed by atoms with Gasteiger partial charge in [0.15, 0.2) is 5.78 Å². The Hall–Kier alpha value is -2.36. The fourth-order valence-electron chi connectivity index (χ4n) is 2.19. The monoisotopic (exact) mass is 285 g/mol. The first kappa shape index (κ1) is 15.0. The molecule has 2 aromatic rings. The SMILES string of the molecule is Cn1cc(C(=O)c2ccc(C(C)(C)C)cc2)cc1C(=O)O. The quantitative estimate of drug-likeness (QED) is 0.881. The molecule has 1 N–H and O–H groups in total. The number of carbonyl (C=O) groups excluding carboxylic acids is 1. The van der Waals surface area contributed by atoms with Crippen LogP contribution in [0, 0.1) is 0 Å². The molecule has 0 saturated heterocycles. The maximum atomic E-state index is 12.4. The van der Waals surface area contributed by atoms with Crippen LogP contribution in [0.15, 0.2) is 36.5 Å². The van der Waals surface area contributed by atoms with Gasteiger partial charge in [0, 0.05) is 24.4 Å². The molecule has 0 aliphatic heterocycles. The van der Waals surface area contributed by atoms with Gasteiger partial charge in [-0.05, 0) is 17.0 Å². The standard InChI is InChI=1S/C17H19NO3/c1-17(2,3)13-7-5-11(6-8-13)15(19)12-9-14(16(20)21)18(4)10-12/h5-10H,1-4H3,(H,20,21). The van der Waals surface area contributed by atoms with Crippen molar-refractivity contribution in [2.75, 3.05) is 0 Å². The minimum atomic E-state index is -1.04. The molecule has 0 spiro atoms. The van der Waals surface area contributed by atoms with Crippen molar-refractivity contribution in [3.05, 3.63) is 58.9 Å². The van der Waals surface area contributed by atoms with Crippen LogP contribution < -0.4 is 0 Å². The molecule has 21 heavy (non-hydrogen) atoms. The topological polar surface area (TPSA) is 59.3 Å². The number of nitrogens with zero attached hydrogens (tertiary/aromatic N) is 1. The summed E-state index contributed by atoms with van der Waals surface area (Å²) in [6, 6.07) is 8.86. The molecule has 0 bridgehead atoms. The van der Waals surface area contributed by atoms with E-state index in [0.29, 0.717) is 11.1 Å². The minimum absolute atomic E-state index is 0.0325. The summed E-state index contributed by atoms with van der Waals surface area (Å²) >= 11 is 0. The number of carbonyl (C=O) groups is 2. The molecule has 4 nitrogen and oxygen atoms in total. The van der Waals surface area contributed by atoms with E-state index in [2.05, 4.69) is 20.8 Å². The van der Waals surface area contributed by atoms with Gasteiger partial charge in [-0.3, -0.25) is 4.79 Å². The van der Waals surface area contributed by atoms with Gasteiger partial charge >= 0.3 is 5.97 Å². The fraction of sp³-hybridized carbons (Fsp3) is 0.294. The number of aromatic carboxylic acids is 1. The highest BCUT2D eigenvalue weighted by atomic mass is 16.4. The number of carboxylic acid groups (broad SMARTS) is 1. The van der Waals surface area contributed by atoms with Gasteiger partial charge in [0.1, 0.15) is 5.69 Å². The Morgan fingerprint density at radius 1 is 1.05 bits per heavy atom. The van der Waals surface area contributed by atoms with E-state index in [9.17, 15) is 9.59 Å². The molecule has 2 rings (SSSR count). The number of aryl methyl sites for hydroxylation is 1. The van der Waals surface area contributed by atoms with E-state index in [0.717, 1.165) is 5.56 Å². The molecule has 0 atom stereocenters. The molecule has 0 aliphatic rings. The van der Waals surface area contributed by atoms with Crippen LogP contribution in [0.5, 0.6) is 0 Å². The van der Waals surface area contributed by atoms with Crippen LogP contribution in [-0.2, 0) is 12.5 Å². The van der Waals surface area contributed by atoms with Crippen molar-refractivity contribution in [3.8, 4) is 0 Å². The number of rotatable bonds is 3. The highest BCUT2D eigenvalue weighted by Gasteiger charge is 2.18. The van der Waals surface area contributed by atoms with Crippen LogP contribution in [0.25, 0.3) is 0 Å². The Balaban J connectivity index is 2.32. The van der Waals surface area contributed by atoms with Crippen LogP contribution in [0.4, 0.5) is 0 Å². The molecule has 0 fully saturated rings. The zero-order chi connectivity index (χ0) is 15.8. The number of hydrogen-bond acceptors (Lipinski definition) is 2. The van der Waals surface area contributed by atoms with Crippen LogP contribution in [-0.4, -0.2) is 21.4 Å². The van der Waals surface area contributed by atoms with E-state index in [-0.39, 0.29) is 16.9 Å². The summed E-state index contributed by atoms with van der Waals surface area (Å²) in [6.45, 7) is 6.33. The van der Waals surface area contributed by atoms with Crippen molar-refractivity contribution in [3.63, 3.8) is 0 Å². The number of benzene rings is 1. The summed E-state index contributed by atoms with van der Waals surface area (Å²) in [5, 5.41) is 9.03. The summed E-state index contributed by atoms with van der Waals surface area (Å²) in [6.07, 6.45) is 1.55. The third-order valence-corrected chi connectivity index (χ3v) is 3.50. The highest BCUT2D eigenvalue weighted by Crippen LogP contribution is 2.23. The summed E-state index contributed by atoms with van der Waals surface area (Å²) in [5.74, 6) is -1.21. The predicted octanol–water partition coefficient (Wildman–Crippen LogP) is 3.25. The maximum absolute atomic E-state index is 12.4. The van der Waals surface area contributed by atoms with Crippen LogP contribution in [0.3, 0.4) is 0 Å². The van der Waals surface area contributed by atoms with E-state index >= 15 is 0 Å². The van der Waals surface area contributed by atoms with Gasteiger partial charge in [0.05, 0.1) is 0 Å². The summed E-state index contributed by atoms with van der Waals surface area (Å²) in [7, 11) is 1.61. The van der Waals surface area contributed by atoms with E-state index in [4.69, 9.17) is 5.11 Å². The molecule has 0 aliphatic carbocycles. The van der Waals surface area contributed by atoms with Gasteiger partial charge in [-0.15, -0.1) is 0 Å². The Morgan fingerprint density at radius 3 is 2.05 bits per heavy atom. The highest BCUT2D eigenvalue weighted by molar-refractivity contribution is 6.09. The first-order valence-corrected chi connectivity index (χ1v) is 6.75. The molecule has 4 heteroatoms. The van der Waals surface area contributed by atoms with Gasteiger partial charge in [-0.2, -0.15) is 0 Å². The molecule has 110 valence electrons. The van der Waals surface area contributed by atoms with Crippen molar-refractivity contribution >= 4 is 11.8 Å². The normalized spacial score (nSPS) is 11.4. The lowest BCUT2D eigenvalue weighted by Gasteiger charge is -2.18. The average molecular weight is 285 g/mol. The van der Waals surface area contributed by atoms with Gasteiger partial charge < -0.3 is 9.67 Å². The fourth-order valence-corrected chi connectivity index (χ4v) is 2.19. The van der Waals surface area contributed by atoms with Gasteiger partial charge in [0.2, 0.25) is 0 Å². The smallest absolute Gasteiger partial charge is 0.352 e. The third kappa shape index (κ3) is 3.05. The summed E-state index contributed by atoms with van der Waals surface area (Å²) < 4.78 is 1.44. The lowest BCUT2D eigenvalue weighted by Crippen LogP contribution is -2.11. The number of hydrogen-bond donors (Lipinski definition) is 1. The maximum Gasteiger partial charge on any atom is 0.352 e. The Morgan fingerprint density at radius 2 is 1.62 bits per heavy atom. The second-order valence-corrected chi connectivity index (χ2v) is 6.19. The lowest BCUT2D eigenvalue weighted by atomic mass is 9.86. The lowest BCUT2D eigenvalue weighted by molar-refractivity contribution is 0.0686. The van der Waals surface area contributed by atoms with Crippen LogP contribution in [0.1, 0.15) is 52.7 Å². The second kappa shape index (κ2) is 5.20. The van der Waals surface area contributed by atoms with Crippen molar-refractivity contribution in [1.82, 2.24) is 4.57 Å². The van der Waals surface area contributed by atoms with E-state index in [1.165, 1.54) is 10.6 Å². The minimum Gasteiger partial charge on any atom is -0.477 e. The molecular formula is C17H19NO3. The molecular weight excluding hydrogens is 266 g/mol. The van der Waals surface area contributed by atoms with Gasteiger partial charge in [-0.25, -0.2) is 4.79 Å². The van der Waals surface area contributed by atoms with Crippen molar-refractivity contribution in [1.29, 1.82) is 0 Å². The molecule has 0 saturated carbocycles. The number of aromatic nitrogens is 1. The zero-order valence-corrected chi connectivity index (χ0v) is 12.7. The average Bonchev–Trinajstić information content (AvgIpc) is 2.79. The summed E-state index contributed by atoms with van der Waals surface area (Å²) in [4.78, 5) is 23.4. The van der Waals surface area contributed by atoms with Crippen molar-refractivity contribution < 1.29 is 14.7 Å². The molecule has 1 aromatic heterocycles. The van der Waals surface area contributed by atoms with Gasteiger partial charge in [0.25, 0.3) is 0 Å². The van der Waals surface area contributed by atoms with E-state index in [1.54, 1.807) is 25.4 Å². The Kier molecular flexibility index (Phi) is 3.73. The summed E-state index contributed by atoms with van der Waals surface area (Å²) in [5.41, 5.74) is 2.23. The van der Waals surface area contributed by atoms with Gasteiger partial charge in [-0.1, -0.05) is 45.0 Å². The third-order valence-electron chi connectivity index (χ3n) is 3.50. The Labute approximate surface area is 124 Å². The molecule has 1 heterocycles. The number of ketones is 1. The molecule has 1 aromatic carbocycles. The first-order valence-electron chi connectivity index (χ1n) is 6.75. The second-order valence-electron chi connectivity index (χ2n) is 6.19. The zero-order valence-electron chi connectivity index (χ0n) is 12.7. The van der Waals surface area contributed by atoms with E-state index in [1.807, 2.05) is 12.1 Å². The molecule has 0 amide bonds.